The van der Waals surface area contributed by atoms with Crippen molar-refractivity contribution in [3.8, 4) is 6.07 Å². The molecule has 1 aliphatic carbocycles. The van der Waals surface area contributed by atoms with Crippen molar-refractivity contribution in [2.75, 3.05) is 0 Å². The molecular formula is C10H8F3NO. The standard InChI is InChI=1S/C10H8F3NO/c11-10(12,13)8-3-2-7(15-8)9(6-14)4-1-5-9/h2-3H,1,4-5H2. The van der Waals surface area contributed by atoms with Crippen molar-refractivity contribution < 1.29 is 17.6 Å². The molecule has 2 nitrogen and oxygen atoms in total. The van der Waals surface area contributed by atoms with Crippen molar-refractivity contribution in [1.29, 1.82) is 5.26 Å². The zero-order chi connectivity index (χ0) is 11.1. The van der Waals surface area contributed by atoms with Crippen LogP contribution in [0, 0.1) is 11.3 Å². The van der Waals surface area contributed by atoms with Gasteiger partial charge in [0.05, 0.1) is 6.07 Å². The third-order valence-electron chi connectivity index (χ3n) is 2.78. The van der Waals surface area contributed by atoms with Gasteiger partial charge in [-0.25, -0.2) is 0 Å². The molecule has 1 heterocycles. The number of hydrogen-bond donors (Lipinski definition) is 0. The topological polar surface area (TPSA) is 36.9 Å². The second-order valence-electron chi connectivity index (χ2n) is 3.71. The van der Waals surface area contributed by atoms with Crippen LogP contribution in [0.1, 0.15) is 30.8 Å². The lowest BCUT2D eigenvalue weighted by atomic mass is 9.68. The van der Waals surface area contributed by atoms with Gasteiger partial charge in [0.25, 0.3) is 0 Å². The van der Waals surface area contributed by atoms with Gasteiger partial charge in [-0.15, -0.1) is 0 Å². The van der Waals surface area contributed by atoms with Gasteiger partial charge >= 0.3 is 6.18 Å². The summed E-state index contributed by atoms with van der Waals surface area (Å²) in [7, 11) is 0. The van der Waals surface area contributed by atoms with Gasteiger partial charge in [-0.05, 0) is 31.4 Å². The maximum absolute atomic E-state index is 12.2. The van der Waals surface area contributed by atoms with Crippen molar-refractivity contribution in [3.05, 3.63) is 23.7 Å². The highest BCUT2D eigenvalue weighted by molar-refractivity contribution is 5.29. The summed E-state index contributed by atoms with van der Waals surface area (Å²) in [5.41, 5.74) is -0.816. The maximum atomic E-state index is 12.2. The number of halogens is 3. The number of furan rings is 1. The summed E-state index contributed by atoms with van der Waals surface area (Å²) >= 11 is 0. The van der Waals surface area contributed by atoms with E-state index in [9.17, 15) is 13.2 Å². The highest BCUT2D eigenvalue weighted by Crippen LogP contribution is 2.45. The van der Waals surface area contributed by atoms with E-state index in [2.05, 4.69) is 0 Å². The van der Waals surface area contributed by atoms with E-state index in [4.69, 9.17) is 9.68 Å². The van der Waals surface area contributed by atoms with E-state index in [0.717, 1.165) is 12.5 Å². The first-order chi connectivity index (χ1) is 6.98. The second-order valence-corrected chi connectivity index (χ2v) is 3.71. The van der Waals surface area contributed by atoms with Gasteiger partial charge < -0.3 is 4.42 Å². The molecule has 0 atom stereocenters. The van der Waals surface area contributed by atoms with Crippen molar-refractivity contribution >= 4 is 0 Å². The normalized spacial score (nSPS) is 19.3. The minimum absolute atomic E-state index is 0.142. The number of nitrogens with zero attached hydrogens (tertiary/aromatic N) is 1. The third kappa shape index (κ3) is 1.50. The summed E-state index contributed by atoms with van der Waals surface area (Å²) in [6.45, 7) is 0. The number of rotatable bonds is 1. The first-order valence-corrected chi connectivity index (χ1v) is 4.57. The largest absolute Gasteiger partial charge is 0.455 e. The van der Waals surface area contributed by atoms with Crippen LogP contribution < -0.4 is 0 Å². The highest BCUT2D eigenvalue weighted by Gasteiger charge is 2.44. The van der Waals surface area contributed by atoms with E-state index in [1.165, 1.54) is 6.07 Å². The summed E-state index contributed by atoms with van der Waals surface area (Å²) in [6, 6.07) is 4.17. The van der Waals surface area contributed by atoms with Crippen molar-refractivity contribution in [1.82, 2.24) is 0 Å². The molecule has 1 saturated carbocycles. The van der Waals surface area contributed by atoms with Gasteiger partial charge in [-0.3, -0.25) is 0 Å². The molecule has 0 unspecified atom stereocenters. The van der Waals surface area contributed by atoms with Gasteiger partial charge in [0.1, 0.15) is 11.2 Å². The molecule has 0 spiro atoms. The second kappa shape index (κ2) is 3.02. The van der Waals surface area contributed by atoms with E-state index >= 15 is 0 Å². The van der Waals surface area contributed by atoms with Gasteiger partial charge in [0, 0.05) is 0 Å². The average Bonchev–Trinajstić information content (AvgIpc) is 2.51. The molecule has 80 valence electrons. The molecule has 0 N–H and O–H groups in total. The molecule has 0 bridgehead atoms. The molecule has 5 heteroatoms. The summed E-state index contributed by atoms with van der Waals surface area (Å²) < 4.78 is 41.4. The van der Waals surface area contributed by atoms with Crippen LogP contribution in [-0.4, -0.2) is 0 Å². The van der Waals surface area contributed by atoms with Crippen LogP contribution in [0.3, 0.4) is 0 Å². The van der Waals surface area contributed by atoms with Crippen LogP contribution >= 0.6 is 0 Å². The molecule has 0 aromatic carbocycles. The minimum atomic E-state index is -4.47. The Hall–Kier alpha value is -1.44. The Balaban J connectivity index is 2.32. The molecule has 0 saturated heterocycles. The maximum Gasteiger partial charge on any atom is 0.449 e. The van der Waals surface area contributed by atoms with Crippen molar-refractivity contribution in [2.24, 2.45) is 0 Å². The SMILES string of the molecule is N#CC1(c2ccc(C(F)(F)F)o2)CCC1. The Morgan fingerprint density at radius 1 is 1.33 bits per heavy atom. The first-order valence-electron chi connectivity index (χ1n) is 4.57. The molecular weight excluding hydrogens is 207 g/mol. The van der Waals surface area contributed by atoms with Crippen LogP contribution in [0.2, 0.25) is 0 Å². The van der Waals surface area contributed by atoms with E-state index in [0.29, 0.717) is 12.8 Å². The predicted octanol–water partition coefficient (Wildman–Crippen LogP) is 3.24. The Kier molecular flexibility index (Phi) is 2.03. The van der Waals surface area contributed by atoms with Crippen LogP contribution in [0.4, 0.5) is 13.2 Å². The molecule has 1 fully saturated rings. The first kappa shape index (κ1) is 10.1. The Bertz CT molecular complexity index is 409. The van der Waals surface area contributed by atoms with Crippen LogP contribution in [0.5, 0.6) is 0 Å². The summed E-state index contributed by atoms with van der Waals surface area (Å²) in [6.07, 6.45) is -2.46. The zero-order valence-corrected chi connectivity index (χ0v) is 7.77. The number of alkyl halides is 3. The number of hydrogen-bond acceptors (Lipinski definition) is 2. The van der Waals surface area contributed by atoms with E-state index < -0.39 is 17.4 Å². The van der Waals surface area contributed by atoms with Crippen molar-refractivity contribution in [2.45, 2.75) is 30.9 Å². The monoisotopic (exact) mass is 215 g/mol. The van der Waals surface area contributed by atoms with Crippen LogP contribution in [0.15, 0.2) is 16.5 Å². The van der Waals surface area contributed by atoms with Gasteiger partial charge in [0.15, 0.2) is 0 Å². The fourth-order valence-corrected chi connectivity index (χ4v) is 1.69. The average molecular weight is 215 g/mol. The molecule has 15 heavy (non-hydrogen) atoms. The summed E-state index contributed by atoms with van der Waals surface area (Å²) in [5.74, 6) is -0.886. The van der Waals surface area contributed by atoms with E-state index in [1.807, 2.05) is 6.07 Å². The molecule has 0 aliphatic heterocycles. The van der Waals surface area contributed by atoms with Gasteiger partial charge in [-0.2, -0.15) is 18.4 Å². The molecule has 0 amide bonds. The van der Waals surface area contributed by atoms with Crippen LogP contribution in [0.25, 0.3) is 0 Å². The molecule has 1 aliphatic rings. The zero-order valence-electron chi connectivity index (χ0n) is 7.77. The summed E-state index contributed by atoms with van der Waals surface area (Å²) in [5, 5.41) is 8.91. The van der Waals surface area contributed by atoms with Crippen molar-refractivity contribution in [3.63, 3.8) is 0 Å². The molecule has 1 aromatic heterocycles. The quantitative estimate of drug-likeness (QED) is 0.721. The van der Waals surface area contributed by atoms with Crippen LogP contribution in [-0.2, 0) is 11.6 Å². The van der Waals surface area contributed by atoms with Gasteiger partial charge in [0.2, 0.25) is 5.76 Å². The minimum Gasteiger partial charge on any atom is -0.455 e. The fourth-order valence-electron chi connectivity index (χ4n) is 1.69. The lowest BCUT2D eigenvalue weighted by Crippen LogP contribution is -2.31. The number of nitriles is 1. The Morgan fingerprint density at radius 2 is 2.00 bits per heavy atom. The Labute approximate surface area is 84.3 Å². The predicted molar refractivity (Wildman–Crippen MR) is 44.9 cm³/mol. The lowest BCUT2D eigenvalue weighted by molar-refractivity contribution is -0.153. The van der Waals surface area contributed by atoms with E-state index in [-0.39, 0.29) is 5.76 Å². The smallest absolute Gasteiger partial charge is 0.449 e. The molecule has 0 radical (unpaired) electrons. The summed E-state index contributed by atoms with van der Waals surface area (Å²) in [4.78, 5) is 0. The third-order valence-corrected chi connectivity index (χ3v) is 2.78. The van der Waals surface area contributed by atoms with Gasteiger partial charge in [-0.1, -0.05) is 0 Å². The lowest BCUT2D eigenvalue weighted by Gasteiger charge is -2.32. The van der Waals surface area contributed by atoms with E-state index in [1.54, 1.807) is 0 Å². The molecule has 2 rings (SSSR count). The molecule has 1 aromatic rings. The highest BCUT2D eigenvalue weighted by atomic mass is 19.4. The Morgan fingerprint density at radius 3 is 2.33 bits per heavy atom. The fraction of sp³-hybridized carbons (Fsp3) is 0.500.